The van der Waals surface area contributed by atoms with Crippen molar-refractivity contribution in [2.45, 2.75) is 26.7 Å². The van der Waals surface area contributed by atoms with Gasteiger partial charge in [0, 0.05) is 0 Å². The first-order valence-corrected chi connectivity index (χ1v) is 8.94. The number of carbonyl (C=O) groups is 4. The van der Waals surface area contributed by atoms with Gasteiger partial charge in [-0.05, 0) is 37.8 Å². The van der Waals surface area contributed by atoms with Crippen molar-refractivity contribution in [1.29, 1.82) is 0 Å². The fourth-order valence-corrected chi connectivity index (χ4v) is 2.65. The third-order valence-corrected chi connectivity index (χ3v) is 3.98. The summed E-state index contributed by atoms with van der Waals surface area (Å²) >= 11 is 0. The van der Waals surface area contributed by atoms with Crippen LogP contribution in [0.5, 0.6) is 0 Å². The number of hydrogen-bond acceptors (Lipinski definition) is 8. The van der Waals surface area contributed by atoms with Crippen molar-refractivity contribution in [3.05, 3.63) is 35.4 Å². The highest BCUT2D eigenvalue weighted by Gasteiger charge is 2.31. The van der Waals surface area contributed by atoms with E-state index >= 15 is 0 Å². The van der Waals surface area contributed by atoms with Crippen LogP contribution < -0.4 is 0 Å². The van der Waals surface area contributed by atoms with Gasteiger partial charge in [0.25, 0.3) is 0 Å². The van der Waals surface area contributed by atoms with Gasteiger partial charge >= 0.3 is 23.9 Å². The van der Waals surface area contributed by atoms with Crippen LogP contribution in [0.1, 0.15) is 25.0 Å². The average Bonchev–Trinajstić information content (AvgIpc) is 2.69. The van der Waals surface area contributed by atoms with E-state index in [9.17, 15) is 19.2 Å². The van der Waals surface area contributed by atoms with Crippen molar-refractivity contribution in [3.63, 3.8) is 0 Å². The molecule has 0 aliphatic heterocycles. The summed E-state index contributed by atoms with van der Waals surface area (Å²) in [5.74, 6) is -4.91. The maximum atomic E-state index is 12.1. The monoisotopic (exact) mass is 394 g/mol. The van der Waals surface area contributed by atoms with E-state index in [4.69, 9.17) is 9.47 Å². The third-order valence-electron chi connectivity index (χ3n) is 3.98. The zero-order chi connectivity index (χ0) is 21.1. The highest BCUT2D eigenvalue weighted by atomic mass is 16.6. The minimum absolute atomic E-state index is 0.0711. The first-order chi connectivity index (χ1) is 13.4. The number of hydrogen-bond donors (Lipinski definition) is 0. The van der Waals surface area contributed by atoms with E-state index in [2.05, 4.69) is 9.47 Å². The maximum Gasteiger partial charge on any atom is 0.320 e. The van der Waals surface area contributed by atoms with Crippen LogP contribution in [0, 0.1) is 11.8 Å². The summed E-state index contributed by atoms with van der Waals surface area (Å²) in [4.78, 5) is 48.0. The minimum Gasteiger partial charge on any atom is -0.468 e. The summed E-state index contributed by atoms with van der Waals surface area (Å²) in [6, 6.07) is 6.89. The predicted octanol–water partition coefficient (Wildman–Crippen LogP) is 1.48. The lowest BCUT2D eigenvalue weighted by Gasteiger charge is -2.16. The fourth-order valence-electron chi connectivity index (χ4n) is 2.65. The van der Waals surface area contributed by atoms with Crippen molar-refractivity contribution >= 4 is 23.9 Å². The number of ether oxygens (including phenoxy) is 4. The molecule has 0 amide bonds. The molecule has 8 heteroatoms. The molecule has 2 atom stereocenters. The summed E-state index contributed by atoms with van der Waals surface area (Å²) in [7, 11) is 2.40. The topological polar surface area (TPSA) is 105 Å². The number of esters is 4. The van der Waals surface area contributed by atoms with Gasteiger partial charge in [-0.25, -0.2) is 0 Å². The molecule has 0 aromatic heterocycles. The molecule has 1 rings (SSSR count). The van der Waals surface area contributed by atoms with Gasteiger partial charge in [-0.2, -0.15) is 0 Å². The molecule has 0 saturated carbocycles. The Morgan fingerprint density at radius 1 is 0.750 bits per heavy atom. The summed E-state index contributed by atoms with van der Waals surface area (Å²) in [5.41, 5.74) is 1.32. The molecule has 0 aliphatic carbocycles. The van der Waals surface area contributed by atoms with Crippen LogP contribution in [0.3, 0.4) is 0 Å². The van der Waals surface area contributed by atoms with Gasteiger partial charge in [-0.3, -0.25) is 19.2 Å². The van der Waals surface area contributed by atoms with Crippen LogP contribution >= 0.6 is 0 Å². The Morgan fingerprint density at radius 3 is 1.46 bits per heavy atom. The SMILES string of the molecule is CCOC(=O)C(Cc1cccc(CC(C(=O)OC)C(=O)OCC)c1)C(=O)OC. The highest BCUT2D eigenvalue weighted by molar-refractivity contribution is 5.95. The first-order valence-electron chi connectivity index (χ1n) is 8.94. The summed E-state index contributed by atoms with van der Waals surface area (Å²) < 4.78 is 19.3. The summed E-state index contributed by atoms with van der Waals surface area (Å²) in [5, 5.41) is 0. The van der Waals surface area contributed by atoms with E-state index in [1.165, 1.54) is 14.2 Å². The predicted molar refractivity (Wildman–Crippen MR) is 98.1 cm³/mol. The largest absolute Gasteiger partial charge is 0.468 e. The maximum absolute atomic E-state index is 12.1. The van der Waals surface area contributed by atoms with E-state index in [0.717, 1.165) is 0 Å². The van der Waals surface area contributed by atoms with Gasteiger partial charge in [-0.15, -0.1) is 0 Å². The van der Waals surface area contributed by atoms with E-state index in [1.807, 2.05) is 0 Å². The lowest BCUT2D eigenvalue weighted by molar-refractivity contribution is -0.161. The molecule has 0 N–H and O–H groups in total. The molecule has 0 spiro atoms. The van der Waals surface area contributed by atoms with Crippen LogP contribution in [0.25, 0.3) is 0 Å². The second-order valence-electron chi connectivity index (χ2n) is 5.88. The molecule has 2 unspecified atom stereocenters. The van der Waals surface area contributed by atoms with Gasteiger partial charge in [0.2, 0.25) is 0 Å². The van der Waals surface area contributed by atoms with Gasteiger partial charge in [-0.1, -0.05) is 24.3 Å². The van der Waals surface area contributed by atoms with E-state index < -0.39 is 35.7 Å². The first kappa shape index (κ1) is 23.1. The second kappa shape index (κ2) is 11.7. The van der Waals surface area contributed by atoms with Crippen molar-refractivity contribution in [2.24, 2.45) is 11.8 Å². The van der Waals surface area contributed by atoms with Crippen molar-refractivity contribution in [2.75, 3.05) is 27.4 Å². The quantitative estimate of drug-likeness (QED) is 0.334. The summed E-state index contributed by atoms with van der Waals surface area (Å²) in [6.45, 7) is 3.59. The Labute approximate surface area is 164 Å². The smallest absolute Gasteiger partial charge is 0.320 e. The van der Waals surface area contributed by atoms with Crippen molar-refractivity contribution in [1.82, 2.24) is 0 Å². The molecule has 0 radical (unpaired) electrons. The Balaban J connectivity index is 3.02. The van der Waals surface area contributed by atoms with Gasteiger partial charge in [0.05, 0.1) is 27.4 Å². The Hall–Kier alpha value is -2.90. The van der Waals surface area contributed by atoms with Gasteiger partial charge in [0.15, 0.2) is 11.8 Å². The van der Waals surface area contributed by atoms with Crippen molar-refractivity contribution in [3.8, 4) is 0 Å². The van der Waals surface area contributed by atoms with Crippen LogP contribution in [0.4, 0.5) is 0 Å². The normalized spacial score (nSPS) is 12.4. The van der Waals surface area contributed by atoms with Crippen LogP contribution in [0.2, 0.25) is 0 Å². The molecule has 0 bridgehead atoms. The third kappa shape index (κ3) is 6.68. The number of benzene rings is 1. The van der Waals surface area contributed by atoms with E-state index in [1.54, 1.807) is 38.1 Å². The standard InChI is InChI=1S/C20H26O8/c1-5-27-19(23)15(17(21)25-3)11-13-8-7-9-14(10-13)12-16(18(22)26-4)20(24)28-6-2/h7-10,15-16H,5-6,11-12H2,1-4H3. The van der Waals surface area contributed by atoms with E-state index in [0.29, 0.717) is 11.1 Å². The molecule has 154 valence electrons. The van der Waals surface area contributed by atoms with Crippen LogP contribution in [0.15, 0.2) is 24.3 Å². The summed E-state index contributed by atoms with van der Waals surface area (Å²) in [6.07, 6.45) is 0.142. The Morgan fingerprint density at radius 2 is 1.14 bits per heavy atom. The number of carbonyl (C=O) groups excluding carboxylic acids is 4. The molecule has 0 heterocycles. The zero-order valence-electron chi connectivity index (χ0n) is 16.6. The highest BCUT2D eigenvalue weighted by Crippen LogP contribution is 2.18. The molecular weight excluding hydrogens is 368 g/mol. The van der Waals surface area contributed by atoms with Crippen LogP contribution in [-0.4, -0.2) is 51.3 Å². The van der Waals surface area contributed by atoms with Gasteiger partial charge < -0.3 is 18.9 Å². The van der Waals surface area contributed by atoms with Crippen LogP contribution in [-0.2, 0) is 51.0 Å². The van der Waals surface area contributed by atoms with Gasteiger partial charge in [0.1, 0.15) is 0 Å². The molecule has 0 fully saturated rings. The molecule has 1 aromatic carbocycles. The zero-order valence-corrected chi connectivity index (χ0v) is 16.6. The number of methoxy groups -OCH3 is 2. The average molecular weight is 394 g/mol. The molecule has 28 heavy (non-hydrogen) atoms. The molecule has 1 aromatic rings. The molecule has 8 nitrogen and oxygen atoms in total. The van der Waals surface area contributed by atoms with Crippen molar-refractivity contribution < 1.29 is 38.1 Å². The Bertz CT molecular complexity index is 642. The minimum atomic E-state index is -1.10. The van der Waals surface area contributed by atoms with E-state index in [-0.39, 0.29) is 26.1 Å². The molecule has 0 aliphatic rings. The molecule has 0 saturated heterocycles. The fraction of sp³-hybridized carbons (Fsp3) is 0.500. The lowest BCUT2D eigenvalue weighted by Crippen LogP contribution is -2.30. The lowest BCUT2D eigenvalue weighted by atomic mass is 9.94. The molecular formula is C20H26O8. The number of rotatable bonds is 10. The Kier molecular flexibility index (Phi) is 9.70. The second-order valence-corrected chi connectivity index (χ2v) is 5.88.